The lowest BCUT2D eigenvalue weighted by atomic mass is 10.1. The highest BCUT2D eigenvalue weighted by Gasteiger charge is 2.15. The molecule has 0 atom stereocenters. The van der Waals surface area contributed by atoms with Crippen molar-refractivity contribution in [2.75, 3.05) is 39.4 Å². The number of nitrogens with zero attached hydrogens (tertiary/aromatic N) is 1. The first kappa shape index (κ1) is 24.0. The van der Waals surface area contributed by atoms with Gasteiger partial charge in [-0.3, -0.25) is 4.99 Å². The lowest BCUT2D eigenvalue weighted by Crippen LogP contribution is -2.42. The summed E-state index contributed by atoms with van der Waals surface area (Å²) in [6.45, 7) is 11.7. The fraction of sp³-hybridized carbons (Fsp3) is 0.765. The van der Waals surface area contributed by atoms with E-state index in [-0.39, 0.29) is 24.0 Å². The Morgan fingerprint density at radius 3 is 2.60 bits per heavy atom. The average molecular weight is 468 g/mol. The van der Waals surface area contributed by atoms with Gasteiger partial charge in [-0.2, -0.15) is 0 Å². The van der Waals surface area contributed by atoms with Gasteiger partial charge in [0.1, 0.15) is 5.60 Å². The van der Waals surface area contributed by atoms with Crippen LogP contribution in [-0.4, -0.2) is 57.0 Å². The Labute approximate surface area is 168 Å². The van der Waals surface area contributed by atoms with Gasteiger partial charge in [0.15, 0.2) is 5.96 Å². The number of aliphatic imine (C=N–C) groups is 1. The summed E-state index contributed by atoms with van der Waals surface area (Å²) in [4.78, 5) is 16.1. The molecule has 0 bridgehead atoms. The third kappa shape index (κ3) is 12.9. The number of amides is 1. The Bertz CT molecular complexity index is 448. The maximum Gasteiger partial charge on any atom is 0.407 e. The number of alkyl carbamates (subject to hydrolysis) is 1. The summed E-state index contributed by atoms with van der Waals surface area (Å²) in [5.41, 5.74) is 0.930. The molecule has 25 heavy (non-hydrogen) atoms. The minimum atomic E-state index is -0.479. The predicted octanol–water partition coefficient (Wildman–Crippen LogP) is 2.42. The van der Waals surface area contributed by atoms with E-state index in [2.05, 4.69) is 27.0 Å². The first-order chi connectivity index (χ1) is 11.4. The number of halogens is 1. The molecule has 0 unspecified atom stereocenters. The van der Waals surface area contributed by atoms with Crippen LogP contribution >= 0.6 is 24.0 Å². The Kier molecular flexibility index (Phi) is 12.7. The minimum Gasteiger partial charge on any atom is -0.444 e. The van der Waals surface area contributed by atoms with Crippen molar-refractivity contribution >= 4 is 36.0 Å². The largest absolute Gasteiger partial charge is 0.444 e. The fourth-order valence-electron chi connectivity index (χ4n) is 2.11. The van der Waals surface area contributed by atoms with E-state index in [1.54, 1.807) is 0 Å². The number of nitrogens with one attached hydrogen (secondary N) is 3. The van der Waals surface area contributed by atoms with Gasteiger partial charge in [-0.05, 0) is 40.5 Å². The van der Waals surface area contributed by atoms with E-state index < -0.39 is 11.7 Å². The van der Waals surface area contributed by atoms with Crippen molar-refractivity contribution in [1.82, 2.24) is 16.0 Å². The number of rotatable bonds is 7. The Hall–Kier alpha value is -1.03. The quantitative estimate of drug-likeness (QED) is 0.176. The standard InChI is InChI=1S/C17H32N4O3.HI/c1-5-18-15(19-9-6-14-7-12-23-13-8-14)20-10-11-21-16(22)24-17(2,3)4;/h7H,5-6,8-13H2,1-4H3,(H,21,22)(H2,18,19,20);1H. The van der Waals surface area contributed by atoms with Crippen LogP contribution in [0.5, 0.6) is 0 Å². The van der Waals surface area contributed by atoms with Crippen molar-refractivity contribution in [1.29, 1.82) is 0 Å². The van der Waals surface area contributed by atoms with Gasteiger partial charge in [-0.15, -0.1) is 24.0 Å². The molecule has 0 aliphatic carbocycles. The number of ether oxygens (including phenoxy) is 2. The van der Waals surface area contributed by atoms with Crippen molar-refractivity contribution in [2.45, 2.75) is 46.1 Å². The van der Waals surface area contributed by atoms with Crippen molar-refractivity contribution in [2.24, 2.45) is 4.99 Å². The van der Waals surface area contributed by atoms with Crippen molar-refractivity contribution in [3.05, 3.63) is 11.6 Å². The van der Waals surface area contributed by atoms with Crippen LogP contribution in [0.3, 0.4) is 0 Å². The Morgan fingerprint density at radius 1 is 1.28 bits per heavy atom. The molecule has 0 aromatic carbocycles. The van der Waals surface area contributed by atoms with Gasteiger partial charge in [-0.25, -0.2) is 4.79 Å². The van der Waals surface area contributed by atoms with E-state index in [0.717, 1.165) is 38.5 Å². The summed E-state index contributed by atoms with van der Waals surface area (Å²) in [6.07, 6.45) is 3.69. The van der Waals surface area contributed by atoms with Gasteiger partial charge in [0.25, 0.3) is 0 Å². The van der Waals surface area contributed by atoms with Crippen LogP contribution in [0.4, 0.5) is 4.79 Å². The normalized spacial score (nSPS) is 14.9. The van der Waals surface area contributed by atoms with Crippen LogP contribution in [0.25, 0.3) is 0 Å². The molecule has 0 fully saturated rings. The monoisotopic (exact) mass is 468 g/mol. The smallest absolute Gasteiger partial charge is 0.407 e. The van der Waals surface area contributed by atoms with Crippen LogP contribution in [0, 0.1) is 0 Å². The van der Waals surface area contributed by atoms with Crippen LogP contribution in [0.15, 0.2) is 16.6 Å². The molecule has 1 heterocycles. The molecule has 1 rings (SSSR count). The zero-order chi connectivity index (χ0) is 17.8. The van der Waals surface area contributed by atoms with Crippen LogP contribution < -0.4 is 16.0 Å². The van der Waals surface area contributed by atoms with Gasteiger partial charge >= 0.3 is 6.09 Å². The molecule has 0 aromatic heterocycles. The molecule has 0 radical (unpaired) electrons. The first-order valence-electron chi connectivity index (χ1n) is 8.65. The number of hydrogen-bond donors (Lipinski definition) is 3. The van der Waals surface area contributed by atoms with E-state index in [4.69, 9.17) is 9.47 Å². The van der Waals surface area contributed by atoms with Gasteiger partial charge in [0, 0.05) is 26.2 Å². The van der Waals surface area contributed by atoms with Gasteiger partial charge in [0.05, 0.1) is 13.2 Å². The summed E-state index contributed by atoms with van der Waals surface area (Å²) in [7, 11) is 0. The molecule has 1 amide bonds. The van der Waals surface area contributed by atoms with Gasteiger partial charge in [0.2, 0.25) is 0 Å². The average Bonchev–Trinajstić information content (AvgIpc) is 2.51. The summed E-state index contributed by atoms with van der Waals surface area (Å²) < 4.78 is 10.5. The highest BCUT2D eigenvalue weighted by Crippen LogP contribution is 2.11. The highest BCUT2D eigenvalue weighted by molar-refractivity contribution is 14.0. The lowest BCUT2D eigenvalue weighted by Gasteiger charge is -2.20. The topological polar surface area (TPSA) is 84.0 Å². The zero-order valence-corrected chi connectivity index (χ0v) is 18.1. The fourth-order valence-corrected chi connectivity index (χ4v) is 2.11. The molecule has 0 saturated carbocycles. The third-order valence-electron chi connectivity index (χ3n) is 3.19. The Morgan fingerprint density at radius 2 is 2.00 bits per heavy atom. The van der Waals surface area contributed by atoms with Crippen LogP contribution in [-0.2, 0) is 9.47 Å². The molecule has 146 valence electrons. The van der Waals surface area contributed by atoms with Crippen molar-refractivity contribution < 1.29 is 14.3 Å². The van der Waals surface area contributed by atoms with Crippen molar-refractivity contribution in [3.8, 4) is 0 Å². The third-order valence-corrected chi connectivity index (χ3v) is 3.19. The van der Waals surface area contributed by atoms with E-state index in [9.17, 15) is 4.79 Å². The molecule has 7 nitrogen and oxygen atoms in total. The molecular weight excluding hydrogens is 435 g/mol. The minimum absolute atomic E-state index is 0. The van der Waals surface area contributed by atoms with Gasteiger partial charge in [-0.1, -0.05) is 11.6 Å². The van der Waals surface area contributed by atoms with E-state index in [1.807, 2.05) is 27.7 Å². The number of hydrogen-bond acceptors (Lipinski definition) is 4. The predicted molar refractivity (Wildman–Crippen MR) is 112 cm³/mol. The molecule has 1 aliphatic rings. The SMILES string of the molecule is CCNC(=NCCC1=CCOCC1)NCCNC(=O)OC(C)(C)C.I. The highest BCUT2D eigenvalue weighted by atomic mass is 127. The van der Waals surface area contributed by atoms with Crippen LogP contribution in [0.1, 0.15) is 40.5 Å². The first-order valence-corrected chi connectivity index (χ1v) is 8.65. The van der Waals surface area contributed by atoms with E-state index in [0.29, 0.717) is 19.7 Å². The molecule has 3 N–H and O–H groups in total. The number of carbonyl (C=O) groups excluding carboxylic acids is 1. The van der Waals surface area contributed by atoms with Gasteiger partial charge < -0.3 is 25.4 Å². The van der Waals surface area contributed by atoms with Crippen LogP contribution in [0.2, 0.25) is 0 Å². The number of guanidine groups is 1. The second-order valence-electron chi connectivity index (χ2n) is 6.55. The second-order valence-corrected chi connectivity index (χ2v) is 6.55. The molecule has 0 saturated heterocycles. The molecule has 0 spiro atoms. The van der Waals surface area contributed by atoms with E-state index >= 15 is 0 Å². The van der Waals surface area contributed by atoms with Crippen molar-refractivity contribution in [3.63, 3.8) is 0 Å². The summed E-state index contributed by atoms with van der Waals surface area (Å²) in [5.74, 6) is 0.760. The summed E-state index contributed by atoms with van der Waals surface area (Å²) in [6, 6.07) is 0. The summed E-state index contributed by atoms with van der Waals surface area (Å²) >= 11 is 0. The molecule has 0 aromatic rings. The van der Waals surface area contributed by atoms with E-state index in [1.165, 1.54) is 5.57 Å². The number of carbonyl (C=O) groups is 1. The Balaban J connectivity index is 0.00000576. The summed E-state index contributed by atoms with van der Waals surface area (Å²) in [5, 5.41) is 9.11. The molecule has 1 aliphatic heterocycles. The molecular formula is C17H33IN4O3. The maximum atomic E-state index is 11.6. The molecule has 8 heteroatoms. The maximum absolute atomic E-state index is 11.6. The lowest BCUT2D eigenvalue weighted by molar-refractivity contribution is 0.0529. The second kappa shape index (κ2) is 13.2. The zero-order valence-electron chi connectivity index (χ0n) is 15.8.